The van der Waals surface area contributed by atoms with E-state index in [2.05, 4.69) is 31.2 Å². The van der Waals surface area contributed by atoms with Crippen molar-refractivity contribution in [2.24, 2.45) is 0 Å². The maximum Gasteiger partial charge on any atom is 0.246 e. The average Bonchev–Trinajstić information content (AvgIpc) is 2.25. The van der Waals surface area contributed by atoms with Crippen LogP contribution in [0.5, 0.6) is 0 Å². The highest BCUT2D eigenvalue weighted by atomic mass is 16.2. The second kappa shape index (κ2) is 4.30. The van der Waals surface area contributed by atoms with Crippen LogP contribution in [0.3, 0.4) is 0 Å². The quantitative estimate of drug-likeness (QED) is 0.719. The lowest BCUT2D eigenvalue weighted by molar-refractivity contribution is -0.127. The van der Waals surface area contributed by atoms with Gasteiger partial charge in [-0.25, -0.2) is 0 Å². The molecule has 1 aliphatic heterocycles. The summed E-state index contributed by atoms with van der Waals surface area (Å²) < 4.78 is 0. The van der Waals surface area contributed by atoms with E-state index in [1.165, 1.54) is 11.1 Å². The molecule has 2 rings (SSSR count). The molecule has 0 spiro atoms. The smallest absolute Gasteiger partial charge is 0.246 e. The third-order valence-corrected chi connectivity index (χ3v) is 2.63. The predicted molar refractivity (Wildman–Crippen MR) is 60.4 cm³/mol. The van der Waals surface area contributed by atoms with Gasteiger partial charge in [0.1, 0.15) is 0 Å². The lowest BCUT2D eigenvalue weighted by Gasteiger charge is -2.23. The van der Waals surface area contributed by atoms with Crippen LogP contribution in [0.2, 0.25) is 0 Å². The first-order valence-corrected chi connectivity index (χ1v) is 5.27. The molecule has 0 aliphatic carbocycles. The summed E-state index contributed by atoms with van der Waals surface area (Å²) in [5, 5.41) is 0. The van der Waals surface area contributed by atoms with Crippen LogP contribution in [0.25, 0.3) is 0 Å². The summed E-state index contributed by atoms with van der Waals surface area (Å²) in [5.74, 6) is 0.127. The van der Waals surface area contributed by atoms with Gasteiger partial charge in [-0.1, -0.05) is 35.9 Å². The van der Waals surface area contributed by atoms with Gasteiger partial charge in [-0.2, -0.15) is 0 Å². The summed E-state index contributed by atoms with van der Waals surface area (Å²) in [6, 6.07) is 8.33. The Bertz CT molecular complexity index is 378. The Balaban J connectivity index is 2.05. The zero-order valence-corrected chi connectivity index (χ0v) is 8.94. The first kappa shape index (κ1) is 9.97. The number of amides is 1. The lowest BCUT2D eigenvalue weighted by atomic mass is 10.1. The summed E-state index contributed by atoms with van der Waals surface area (Å²) in [7, 11) is 0. The molecule has 1 amide bonds. The van der Waals surface area contributed by atoms with E-state index in [0.717, 1.165) is 19.5 Å². The molecule has 0 radical (unpaired) electrons. The molecule has 1 aromatic rings. The molecule has 0 atom stereocenters. The van der Waals surface area contributed by atoms with E-state index in [1.807, 2.05) is 11.0 Å². The van der Waals surface area contributed by atoms with Crippen LogP contribution in [0, 0.1) is 6.92 Å². The molecule has 1 aromatic carbocycles. The van der Waals surface area contributed by atoms with Crippen LogP contribution in [0.4, 0.5) is 0 Å². The highest BCUT2D eigenvalue weighted by Gasteiger charge is 2.13. The molecule has 0 saturated heterocycles. The van der Waals surface area contributed by atoms with E-state index in [1.54, 1.807) is 6.08 Å². The molecule has 0 aromatic heterocycles. The molecular formula is C13H15NO. The van der Waals surface area contributed by atoms with Gasteiger partial charge >= 0.3 is 0 Å². The molecule has 15 heavy (non-hydrogen) atoms. The fourth-order valence-corrected chi connectivity index (χ4v) is 1.70. The first-order valence-electron chi connectivity index (χ1n) is 5.27. The standard InChI is InChI=1S/C13H15NO/c1-11-5-7-12(8-6-11)10-14-9-3-2-4-13(14)15/h2,4-8H,3,9-10H2,1H3. The van der Waals surface area contributed by atoms with Crippen molar-refractivity contribution < 1.29 is 4.79 Å². The van der Waals surface area contributed by atoms with Crippen molar-refractivity contribution in [3.05, 3.63) is 47.5 Å². The minimum atomic E-state index is 0.127. The summed E-state index contributed by atoms with van der Waals surface area (Å²) in [5.41, 5.74) is 2.45. The van der Waals surface area contributed by atoms with Crippen LogP contribution in [0.1, 0.15) is 17.5 Å². The summed E-state index contributed by atoms with van der Waals surface area (Å²) in [4.78, 5) is 13.4. The third-order valence-electron chi connectivity index (χ3n) is 2.63. The molecular weight excluding hydrogens is 186 g/mol. The number of carbonyl (C=O) groups is 1. The number of aryl methyl sites for hydroxylation is 1. The zero-order chi connectivity index (χ0) is 10.7. The normalized spacial score (nSPS) is 15.8. The molecule has 0 saturated carbocycles. The van der Waals surface area contributed by atoms with Gasteiger partial charge in [-0.15, -0.1) is 0 Å². The number of hydrogen-bond donors (Lipinski definition) is 0. The second-order valence-corrected chi connectivity index (χ2v) is 3.94. The van der Waals surface area contributed by atoms with E-state index < -0.39 is 0 Å². The van der Waals surface area contributed by atoms with E-state index >= 15 is 0 Å². The van der Waals surface area contributed by atoms with Crippen molar-refractivity contribution >= 4 is 5.91 Å². The molecule has 0 unspecified atom stereocenters. The van der Waals surface area contributed by atoms with E-state index in [9.17, 15) is 4.79 Å². The van der Waals surface area contributed by atoms with Gasteiger partial charge in [0.25, 0.3) is 0 Å². The monoisotopic (exact) mass is 201 g/mol. The fraction of sp³-hybridized carbons (Fsp3) is 0.308. The number of carbonyl (C=O) groups excluding carboxylic acids is 1. The molecule has 78 valence electrons. The van der Waals surface area contributed by atoms with Crippen molar-refractivity contribution in [2.75, 3.05) is 6.54 Å². The Morgan fingerprint density at radius 1 is 1.27 bits per heavy atom. The Morgan fingerprint density at radius 3 is 2.67 bits per heavy atom. The minimum absolute atomic E-state index is 0.127. The number of hydrogen-bond acceptors (Lipinski definition) is 1. The topological polar surface area (TPSA) is 20.3 Å². The van der Waals surface area contributed by atoms with E-state index in [0.29, 0.717) is 0 Å². The van der Waals surface area contributed by atoms with Gasteiger partial charge in [0, 0.05) is 13.1 Å². The van der Waals surface area contributed by atoms with E-state index in [-0.39, 0.29) is 5.91 Å². The molecule has 1 heterocycles. The molecule has 0 N–H and O–H groups in total. The summed E-state index contributed by atoms with van der Waals surface area (Å²) in [6.45, 7) is 3.63. The van der Waals surface area contributed by atoms with Gasteiger partial charge in [0.2, 0.25) is 5.91 Å². The van der Waals surface area contributed by atoms with Crippen molar-refractivity contribution in [2.45, 2.75) is 19.9 Å². The van der Waals surface area contributed by atoms with Gasteiger partial charge < -0.3 is 4.90 Å². The highest BCUT2D eigenvalue weighted by Crippen LogP contribution is 2.10. The van der Waals surface area contributed by atoms with Gasteiger partial charge in [-0.05, 0) is 25.0 Å². The van der Waals surface area contributed by atoms with Crippen LogP contribution in [0.15, 0.2) is 36.4 Å². The lowest BCUT2D eigenvalue weighted by Crippen LogP contribution is -2.31. The maximum absolute atomic E-state index is 11.5. The van der Waals surface area contributed by atoms with Crippen molar-refractivity contribution in [1.29, 1.82) is 0 Å². The molecule has 2 heteroatoms. The highest BCUT2D eigenvalue weighted by molar-refractivity contribution is 5.88. The number of benzene rings is 1. The number of nitrogens with zero attached hydrogens (tertiary/aromatic N) is 1. The molecule has 1 aliphatic rings. The minimum Gasteiger partial charge on any atom is -0.335 e. The largest absolute Gasteiger partial charge is 0.335 e. The van der Waals surface area contributed by atoms with Crippen molar-refractivity contribution in [3.8, 4) is 0 Å². The molecule has 0 bridgehead atoms. The predicted octanol–water partition coefficient (Wildman–Crippen LogP) is 2.28. The van der Waals surface area contributed by atoms with E-state index in [4.69, 9.17) is 0 Å². The molecule has 0 fully saturated rings. The Kier molecular flexibility index (Phi) is 2.86. The maximum atomic E-state index is 11.5. The number of rotatable bonds is 2. The SMILES string of the molecule is Cc1ccc(CN2CCC=CC2=O)cc1. The fourth-order valence-electron chi connectivity index (χ4n) is 1.70. The van der Waals surface area contributed by atoms with Crippen LogP contribution in [-0.2, 0) is 11.3 Å². The Hall–Kier alpha value is -1.57. The average molecular weight is 201 g/mol. The summed E-state index contributed by atoms with van der Waals surface area (Å²) in [6.07, 6.45) is 4.57. The third kappa shape index (κ3) is 2.46. The van der Waals surface area contributed by atoms with Crippen LogP contribution < -0.4 is 0 Å². The zero-order valence-electron chi connectivity index (χ0n) is 8.94. The van der Waals surface area contributed by atoms with Gasteiger partial charge in [0.15, 0.2) is 0 Å². The van der Waals surface area contributed by atoms with Gasteiger partial charge in [-0.3, -0.25) is 4.79 Å². The van der Waals surface area contributed by atoms with Crippen molar-refractivity contribution in [1.82, 2.24) is 4.90 Å². The first-order chi connectivity index (χ1) is 7.25. The van der Waals surface area contributed by atoms with Gasteiger partial charge in [0.05, 0.1) is 0 Å². The molecule has 2 nitrogen and oxygen atoms in total. The summed E-state index contributed by atoms with van der Waals surface area (Å²) >= 11 is 0. The van der Waals surface area contributed by atoms with Crippen LogP contribution in [-0.4, -0.2) is 17.4 Å². The Morgan fingerprint density at radius 2 is 2.00 bits per heavy atom. The second-order valence-electron chi connectivity index (χ2n) is 3.94. The Labute approximate surface area is 90.2 Å². The van der Waals surface area contributed by atoms with Crippen molar-refractivity contribution in [3.63, 3.8) is 0 Å². The van der Waals surface area contributed by atoms with Crippen LogP contribution >= 0.6 is 0 Å².